The third-order valence-corrected chi connectivity index (χ3v) is 6.32. The fourth-order valence-corrected chi connectivity index (χ4v) is 4.73. The molecule has 0 radical (unpaired) electrons. The number of fused-ring (bicyclic) bond motifs is 2. The van der Waals surface area contributed by atoms with Gasteiger partial charge in [0.15, 0.2) is 0 Å². The summed E-state index contributed by atoms with van der Waals surface area (Å²) in [4.78, 5) is 8.95. The molecule has 0 saturated carbocycles. The number of aromatic nitrogens is 3. The van der Waals surface area contributed by atoms with Crippen LogP contribution in [-0.4, -0.2) is 29.5 Å². The highest BCUT2D eigenvalue weighted by atomic mass is 32.2. The number of aryl methyl sites for hydroxylation is 2. The van der Waals surface area contributed by atoms with E-state index < -0.39 is 10.0 Å². The van der Waals surface area contributed by atoms with Crippen molar-refractivity contribution in [3.05, 3.63) is 54.2 Å². The molecule has 1 atom stereocenters. The molecule has 3 heterocycles. The molecule has 1 aliphatic heterocycles. The normalized spacial score (nSPS) is 17.6. The van der Waals surface area contributed by atoms with E-state index in [9.17, 15) is 8.42 Å². The van der Waals surface area contributed by atoms with Crippen LogP contribution in [0.25, 0.3) is 10.9 Å². The first-order valence-corrected chi connectivity index (χ1v) is 9.87. The minimum Gasteiger partial charge on any atom is -0.335 e. The maximum atomic E-state index is 12.8. The quantitative estimate of drug-likeness (QED) is 0.778. The monoisotopic (exact) mass is 356 g/mol. The maximum Gasteiger partial charge on any atom is 0.241 e. The predicted octanol–water partition coefficient (Wildman–Crippen LogP) is 2.28. The predicted molar refractivity (Wildman–Crippen MR) is 95.7 cm³/mol. The van der Waals surface area contributed by atoms with Crippen LogP contribution in [0.1, 0.15) is 17.8 Å². The molecule has 0 amide bonds. The average molecular weight is 356 g/mol. The summed E-state index contributed by atoms with van der Waals surface area (Å²) in [5.74, 6) is 1.29. The molecular weight excluding hydrogens is 336 g/mol. The Morgan fingerprint density at radius 2 is 2.12 bits per heavy atom. The largest absolute Gasteiger partial charge is 0.335 e. The van der Waals surface area contributed by atoms with E-state index in [4.69, 9.17) is 0 Å². The van der Waals surface area contributed by atoms with Crippen molar-refractivity contribution in [1.82, 2.24) is 19.3 Å². The third-order valence-electron chi connectivity index (χ3n) is 4.83. The molecule has 3 aromatic rings. The van der Waals surface area contributed by atoms with E-state index in [-0.39, 0.29) is 5.92 Å². The first-order valence-electron chi connectivity index (χ1n) is 8.38. The molecule has 0 unspecified atom stereocenters. The number of rotatable bonds is 4. The van der Waals surface area contributed by atoms with Crippen LogP contribution in [0.15, 0.2) is 47.8 Å². The lowest BCUT2D eigenvalue weighted by Gasteiger charge is -2.23. The van der Waals surface area contributed by atoms with Gasteiger partial charge >= 0.3 is 0 Å². The standard InChI is InChI=1S/C18H20N4O2S/c1-13-4-5-16(15-3-2-7-20-18(13)15)25(23,24)21-12-14-6-9-22-10-8-19-17(22)11-14/h2-5,7-8,10,14,21H,6,9,11-12H2,1H3/t14-/m1/s1. The van der Waals surface area contributed by atoms with Crippen LogP contribution >= 0.6 is 0 Å². The van der Waals surface area contributed by atoms with Crippen molar-refractivity contribution in [2.45, 2.75) is 31.2 Å². The molecule has 1 aliphatic rings. The first-order chi connectivity index (χ1) is 12.0. The van der Waals surface area contributed by atoms with Gasteiger partial charge in [-0.1, -0.05) is 6.07 Å². The van der Waals surface area contributed by atoms with Crippen LogP contribution in [0, 0.1) is 12.8 Å². The van der Waals surface area contributed by atoms with E-state index in [2.05, 4.69) is 19.3 Å². The van der Waals surface area contributed by atoms with Gasteiger partial charge in [0.05, 0.1) is 10.4 Å². The van der Waals surface area contributed by atoms with Gasteiger partial charge in [0.2, 0.25) is 10.0 Å². The smallest absolute Gasteiger partial charge is 0.241 e. The number of benzene rings is 1. The van der Waals surface area contributed by atoms with Gasteiger partial charge in [-0.05, 0) is 43.0 Å². The Kier molecular flexibility index (Phi) is 4.05. The summed E-state index contributed by atoms with van der Waals surface area (Å²) in [5.41, 5.74) is 1.69. The van der Waals surface area contributed by atoms with Gasteiger partial charge in [0.25, 0.3) is 0 Å². The lowest BCUT2D eigenvalue weighted by atomic mass is 9.98. The molecule has 25 heavy (non-hydrogen) atoms. The molecule has 4 rings (SSSR count). The Morgan fingerprint density at radius 3 is 3.00 bits per heavy atom. The van der Waals surface area contributed by atoms with E-state index in [1.54, 1.807) is 36.7 Å². The Hall–Kier alpha value is -2.25. The number of hydrogen-bond acceptors (Lipinski definition) is 4. The van der Waals surface area contributed by atoms with Crippen molar-refractivity contribution in [1.29, 1.82) is 0 Å². The van der Waals surface area contributed by atoms with E-state index in [1.165, 1.54) is 0 Å². The number of nitrogens with zero attached hydrogens (tertiary/aromatic N) is 3. The zero-order valence-electron chi connectivity index (χ0n) is 14.0. The van der Waals surface area contributed by atoms with E-state index >= 15 is 0 Å². The molecule has 1 N–H and O–H groups in total. The Balaban J connectivity index is 1.56. The van der Waals surface area contributed by atoms with Crippen LogP contribution in [0.3, 0.4) is 0 Å². The highest BCUT2D eigenvalue weighted by Gasteiger charge is 2.23. The fraction of sp³-hybridized carbons (Fsp3) is 0.333. The summed E-state index contributed by atoms with van der Waals surface area (Å²) in [6, 6.07) is 7.04. The van der Waals surface area contributed by atoms with E-state index in [0.717, 1.165) is 36.3 Å². The summed E-state index contributed by atoms with van der Waals surface area (Å²) < 4.78 is 30.6. The first kappa shape index (κ1) is 16.2. The Morgan fingerprint density at radius 1 is 1.24 bits per heavy atom. The number of pyridine rings is 1. The third kappa shape index (κ3) is 3.05. The highest BCUT2D eigenvalue weighted by Crippen LogP contribution is 2.25. The van der Waals surface area contributed by atoms with Crippen molar-refractivity contribution in [2.24, 2.45) is 5.92 Å². The second-order valence-electron chi connectivity index (χ2n) is 6.53. The molecule has 1 aromatic carbocycles. The van der Waals surface area contributed by atoms with Gasteiger partial charge in [0.1, 0.15) is 5.82 Å². The summed E-state index contributed by atoms with van der Waals surface area (Å²) in [6.07, 6.45) is 7.20. The minimum absolute atomic E-state index is 0.263. The molecule has 0 saturated heterocycles. The number of nitrogens with one attached hydrogen (secondary N) is 1. The van der Waals surface area contributed by atoms with Gasteiger partial charge in [-0.2, -0.15) is 0 Å². The highest BCUT2D eigenvalue weighted by molar-refractivity contribution is 7.89. The number of hydrogen-bond donors (Lipinski definition) is 1. The summed E-state index contributed by atoms with van der Waals surface area (Å²) in [7, 11) is -3.58. The molecule has 6 nitrogen and oxygen atoms in total. The van der Waals surface area contributed by atoms with Crippen molar-refractivity contribution in [3.63, 3.8) is 0 Å². The molecule has 0 fully saturated rings. The summed E-state index contributed by atoms with van der Waals surface area (Å²) in [6.45, 7) is 3.24. The van der Waals surface area contributed by atoms with Gasteiger partial charge < -0.3 is 4.57 Å². The molecular formula is C18H20N4O2S. The molecule has 2 aromatic heterocycles. The Labute approximate surface area is 147 Å². The maximum absolute atomic E-state index is 12.8. The van der Waals surface area contributed by atoms with Crippen LogP contribution in [-0.2, 0) is 23.0 Å². The lowest BCUT2D eigenvalue weighted by molar-refractivity contribution is 0.379. The average Bonchev–Trinajstić information content (AvgIpc) is 3.08. The minimum atomic E-state index is -3.58. The zero-order valence-corrected chi connectivity index (χ0v) is 14.8. The van der Waals surface area contributed by atoms with E-state index in [1.807, 2.05) is 13.1 Å². The number of sulfonamides is 1. The number of imidazole rings is 1. The topological polar surface area (TPSA) is 76.9 Å². The SMILES string of the molecule is Cc1ccc(S(=O)(=O)NC[C@@H]2CCn3ccnc3C2)c2cccnc12. The van der Waals surface area contributed by atoms with Gasteiger partial charge in [-0.25, -0.2) is 18.1 Å². The van der Waals surface area contributed by atoms with Crippen LogP contribution in [0.5, 0.6) is 0 Å². The van der Waals surface area contributed by atoms with Crippen LogP contribution in [0.2, 0.25) is 0 Å². The van der Waals surface area contributed by atoms with Crippen LogP contribution < -0.4 is 4.72 Å². The van der Waals surface area contributed by atoms with Crippen molar-refractivity contribution < 1.29 is 8.42 Å². The van der Waals surface area contributed by atoms with Crippen LogP contribution in [0.4, 0.5) is 0 Å². The zero-order chi connectivity index (χ0) is 17.4. The molecule has 0 aliphatic carbocycles. The van der Waals surface area contributed by atoms with Gasteiger partial charge in [0, 0.05) is 43.5 Å². The molecule has 7 heteroatoms. The van der Waals surface area contributed by atoms with Gasteiger partial charge in [-0.3, -0.25) is 4.98 Å². The summed E-state index contributed by atoms with van der Waals surface area (Å²) in [5, 5.41) is 0.661. The molecule has 0 spiro atoms. The van der Waals surface area contributed by atoms with E-state index in [0.29, 0.717) is 16.8 Å². The lowest BCUT2D eigenvalue weighted by Crippen LogP contribution is -2.33. The molecule has 130 valence electrons. The Bertz CT molecular complexity index is 1030. The van der Waals surface area contributed by atoms with Crippen molar-refractivity contribution >= 4 is 20.9 Å². The van der Waals surface area contributed by atoms with Crippen molar-refractivity contribution in [3.8, 4) is 0 Å². The fourth-order valence-electron chi connectivity index (χ4n) is 3.42. The summed E-state index contributed by atoms with van der Waals surface area (Å²) >= 11 is 0. The van der Waals surface area contributed by atoms with Crippen molar-refractivity contribution in [2.75, 3.05) is 6.54 Å². The second-order valence-corrected chi connectivity index (χ2v) is 8.26. The van der Waals surface area contributed by atoms with Gasteiger partial charge in [-0.15, -0.1) is 0 Å². The second kappa shape index (κ2) is 6.24. The molecule has 0 bridgehead atoms.